The van der Waals surface area contributed by atoms with E-state index in [2.05, 4.69) is 15.5 Å². The quantitative estimate of drug-likeness (QED) is 0.291. The number of nitrogens with zero attached hydrogens (tertiary/aromatic N) is 3. The molecule has 1 unspecified atom stereocenters. The first kappa shape index (κ1) is 22.5. The molecule has 0 radical (unpaired) electrons. The maximum Gasteiger partial charge on any atom is 0.242 e. The number of nitrogens with one attached hydrogen (secondary N) is 1. The molecule has 33 heavy (non-hydrogen) atoms. The normalized spacial score (nSPS) is 11.7. The molecule has 0 saturated carbocycles. The molecule has 0 bridgehead atoms. The van der Waals surface area contributed by atoms with Gasteiger partial charge in [-0.25, -0.2) is 0 Å². The standard InChI is InChI=1S/C26H24N4O2S/c1-17-10-7-8-15-23(17)30-19(3)28-29-26(30)33-24(20-11-5-4-6-12-20)25(32)27-22-14-9-13-21(16-22)18(2)31/h4-16,24H,1-3H3,(H,27,32). The Morgan fingerprint density at radius 1 is 0.909 bits per heavy atom. The summed E-state index contributed by atoms with van der Waals surface area (Å²) in [7, 11) is 0. The molecule has 1 amide bonds. The second kappa shape index (κ2) is 9.83. The average Bonchev–Trinajstić information content (AvgIpc) is 3.18. The van der Waals surface area contributed by atoms with Crippen LogP contribution in [0.15, 0.2) is 84.0 Å². The van der Waals surface area contributed by atoms with E-state index >= 15 is 0 Å². The number of ketones is 1. The molecule has 0 aliphatic rings. The Labute approximate surface area is 197 Å². The lowest BCUT2D eigenvalue weighted by atomic mass is 10.1. The highest BCUT2D eigenvalue weighted by Crippen LogP contribution is 2.37. The molecule has 1 atom stereocenters. The number of amides is 1. The van der Waals surface area contributed by atoms with Crippen molar-refractivity contribution in [3.05, 3.63) is 101 Å². The Hall–Kier alpha value is -3.71. The van der Waals surface area contributed by atoms with Crippen LogP contribution in [0.2, 0.25) is 0 Å². The predicted molar refractivity (Wildman–Crippen MR) is 131 cm³/mol. The van der Waals surface area contributed by atoms with E-state index in [0.29, 0.717) is 16.4 Å². The van der Waals surface area contributed by atoms with Crippen LogP contribution in [0.5, 0.6) is 0 Å². The van der Waals surface area contributed by atoms with Crippen molar-refractivity contribution < 1.29 is 9.59 Å². The Bertz CT molecular complexity index is 1300. The lowest BCUT2D eigenvalue weighted by Gasteiger charge is -2.18. The van der Waals surface area contributed by atoms with Crippen LogP contribution in [0.25, 0.3) is 5.69 Å². The molecule has 1 N–H and O–H groups in total. The molecule has 1 heterocycles. The predicted octanol–water partition coefficient (Wildman–Crippen LogP) is 5.56. The van der Waals surface area contributed by atoms with Crippen molar-refractivity contribution in [1.82, 2.24) is 14.8 Å². The minimum Gasteiger partial charge on any atom is -0.325 e. The van der Waals surface area contributed by atoms with Crippen molar-refractivity contribution in [2.24, 2.45) is 0 Å². The summed E-state index contributed by atoms with van der Waals surface area (Å²) in [6.07, 6.45) is 0. The summed E-state index contributed by atoms with van der Waals surface area (Å²) in [5.41, 5.74) is 4.03. The highest BCUT2D eigenvalue weighted by atomic mass is 32.2. The Kier molecular flexibility index (Phi) is 6.70. The van der Waals surface area contributed by atoms with Crippen LogP contribution >= 0.6 is 11.8 Å². The van der Waals surface area contributed by atoms with Crippen LogP contribution < -0.4 is 5.32 Å². The SMILES string of the molecule is CC(=O)c1cccc(NC(=O)C(Sc2nnc(C)n2-c2ccccc2C)c2ccccc2)c1. The van der Waals surface area contributed by atoms with Gasteiger partial charge in [0.15, 0.2) is 10.9 Å². The molecule has 0 aliphatic heterocycles. The summed E-state index contributed by atoms with van der Waals surface area (Å²) in [6.45, 7) is 5.44. The molecule has 1 aromatic heterocycles. The van der Waals surface area contributed by atoms with Crippen LogP contribution in [0.1, 0.15) is 39.5 Å². The fraction of sp³-hybridized carbons (Fsp3) is 0.154. The third-order valence-electron chi connectivity index (χ3n) is 5.25. The summed E-state index contributed by atoms with van der Waals surface area (Å²) in [6, 6.07) is 24.5. The van der Waals surface area contributed by atoms with Gasteiger partial charge in [-0.1, -0.05) is 72.4 Å². The van der Waals surface area contributed by atoms with Gasteiger partial charge in [0, 0.05) is 11.3 Å². The molecule has 6 nitrogen and oxygen atoms in total. The van der Waals surface area contributed by atoms with Crippen molar-refractivity contribution in [3.8, 4) is 5.69 Å². The van der Waals surface area contributed by atoms with Gasteiger partial charge in [-0.05, 0) is 50.1 Å². The fourth-order valence-corrected chi connectivity index (χ4v) is 4.63. The van der Waals surface area contributed by atoms with Gasteiger partial charge in [-0.3, -0.25) is 14.2 Å². The summed E-state index contributed by atoms with van der Waals surface area (Å²) in [5.74, 6) is 0.485. The lowest BCUT2D eigenvalue weighted by molar-refractivity contribution is -0.115. The van der Waals surface area contributed by atoms with Crippen LogP contribution in [-0.2, 0) is 4.79 Å². The monoisotopic (exact) mass is 456 g/mol. The molecule has 166 valence electrons. The summed E-state index contributed by atoms with van der Waals surface area (Å²) in [5, 5.41) is 11.7. The topological polar surface area (TPSA) is 76.9 Å². The van der Waals surface area contributed by atoms with Gasteiger partial charge in [-0.2, -0.15) is 0 Å². The van der Waals surface area contributed by atoms with Crippen molar-refractivity contribution in [3.63, 3.8) is 0 Å². The number of benzene rings is 3. The van der Waals surface area contributed by atoms with E-state index in [1.165, 1.54) is 18.7 Å². The fourth-order valence-electron chi connectivity index (χ4n) is 3.54. The second-order valence-corrected chi connectivity index (χ2v) is 8.76. The van der Waals surface area contributed by atoms with Crippen molar-refractivity contribution in [2.75, 3.05) is 5.32 Å². The van der Waals surface area contributed by atoms with Crippen molar-refractivity contribution in [2.45, 2.75) is 31.2 Å². The van der Waals surface area contributed by atoms with Crippen LogP contribution in [-0.4, -0.2) is 26.5 Å². The molecule has 7 heteroatoms. The highest BCUT2D eigenvalue weighted by Gasteiger charge is 2.26. The molecule has 4 aromatic rings. The third kappa shape index (κ3) is 5.04. The van der Waals surface area contributed by atoms with Crippen molar-refractivity contribution >= 4 is 29.1 Å². The molecule has 0 saturated heterocycles. The van der Waals surface area contributed by atoms with Crippen LogP contribution in [0.3, 0.4) is 0 Å². The molecular weight excluding hydrogens is 432 g/mol. The van der Waals surface area contributed by atoms with Gasteiger partial charge >= 0.3 is 0 Å². The van der Waals surface area contributed by atoms with Gasteiger partial charge < -0.3 is 5.32 Å². The third-order valence-corrected chi connectivity index (χ3v) is 6.45. The van der Waals surface area contributed by atoms with E-state index in [1.807, 2.05) is 73.0 Å². The zero-order valence-electron chi connectivity index (χ0n) is 18.6. The average molecular weight is 457 g/mol. The minimum absolute atomic E-state index is 0.0538. The number of aromatic nitrogens is 3. The summed E-state index contributed by atoms with van der Waals surface area (Å²) < 4.78 is 1.97. The van der Waals surface area contributed by atoms with E-state index in [-0.39, 0.29) is 11.7 Å². The number of anilines is 1. The first-order valence-corrected chi connectivity index (χ1v) is 11.4. The van der Waals surface area contributed by atoms with E-state index in [1.54, 1.807) is 24.3 Å². The van der Waals surface area contributed by atoms with Gasteiger partial charge in [0.1, 0.15) is 11.1 Å². The number of hydrogen-bond donors (Lipinski definition) is 1. The van der Waals surface area contributed by atoms with Gasteiger partial charge in [0.25, 0.3) is 0 Å². The highest BCUT2D eigenvalue weighted by molar-refractivity contribution is 8.00. The van der Waals surface area contributed by atoms with Gasteiger partial charge in [-0.15, -0.1) is 10.2 Å². The van der Waals surface area contributed by atoms with E-state index in [4.69, 9.17) is 0 Å². The number of hydrogen-bond acceptors (Lipinski definition) is 5. The van der Waals surface area contributed by atoms with E-state index in [0.717, 1.165) is 22.6 Å². The number of para-hydroxylation sites is 1. The van der Waals surface area contributed by atoms with Gasteiger partial charge in [0.2, 0.25) is 5.91 Å². The number of carbonyl (C=O) groups is 2. The van der Waals surface area contributed by atoms with Crippen LogP contribution in [0, 0.1) is 13.8 Å². The summed E-state index contributed by atoms with van der Waals surface area (Å²) >= 11 is 1.34. The Morgan fingerprint density at radius 3 is 2.36 bits per heavy atom. The second-order valence-electron chi connectivity index (χ2n) is 7.69. The number of aryl methyl sites for hydroxylation is 2. The molecule has 3 aromatic carbocycles. The number of rotatable bonds is 7. The first-order chi connectivity index (χ1) is 15.9. The smallest absolute Gasteiger partial charge is 0.242 e. The minimum atomic E-state index is -0.571. The number of carbonyl (C=O) groups excluding carboxylic acids is 2. The zero-order chi connectivity index (χ0) is 23.4. The lowest BCUT2D eigenvalue weighted by Crippen LogP contribution is -2.20. The molecular formula is C26H24N4O2S. The Morgan fingerprint density at radius 2 is 1.64 bits per heavy atom. The largest absolute Gasteiger partial charge is 0.325 e. The molecule has 0 aliphatic carbocycles. The number of Topliss-reactive ketones (excluding diaryl/α,β-unsaturated/α-hetero) is 1. The number of thioether (sulfide) groups is 1. The maximum absolute atomic E-state index is 13.4. The van der Waals surface area contributed by atoms with Crippen molar-refractivity contribution in [1.29, 1.82) is 0 Å². The molecule has 0 fully saturated rings. The summed E-state index contributed by atoms with van der Waals surface area (Å²) in [4.78, 5) is 25.2. The zero-order valence-corrected chi connectivity index (χ0v) is 19.5. The Balaban J connectivity index is 1.69. The maximum atomic E-state index is 13.4. The molecule has 4 rings (SSSR count). The first-order valence-electron chi connectivity index (χ1n) is 10.6. The van der Waals surface area contributed by atoms with E-state index < -0.39 is 5.25 Å². The van der Waals surface area contributed by atoms with Gasteiger partial charge in [0.05, 0.1) is 5.69 Å². The van der Waals surface area contributed by atoms with E-state index in [9.17, 15) is 9.59 Å². The van der Waals surface area contributed by atoms with Crippen LogP contribution in [0.4, 0.5) is 5.69 Å². The molecule has 0 spiro atoms.